The van der Waals surface area contributed by atoms with Gasteiger partial charge in [0.15, 0.2) is 11.0 Å². The fourth-order valence-corrected chi connectivity index (χ4v) is 3.06. The number of nitrogens with zero attached hydrogens (tertiary/aromatic N) is 6. The summed E-state index contributed by atoms with van der Waals surface area (Å²) in [4.78, 5) is 10.2. The Bertz CT molecular complexity index is 919. The largest absolute Gasteiger partial charge is 0.493 e. The molecule has 3 rings (SSSR count). The standard InChI is InChI=1S/C17H20N6O3S/c1-12(2)10-26-15-6-4-13(5-7-15)16-19-20-17(21(16)3)27-11-22-9-14(8-18-22)23(24)25/h4-9,12H,10-11H2,1-3H3. The molecule has 0 aliphatic carbocycles. The molecule has 0 bridgehead atoms. The highest BCUT2D eigenvalue weighted by Gasteiger charge is 2.13. The van der Waals surface area contributed by atoms with Gasteiger partial charge >= 0.3 is 5.69 Å². The molecule has 0 aliphatic heterocycles. The fourth-order valence-electron chi connectivity index (χ4n) is 2.30. The Morgan fingerprint density at radius 2 is 2.00 bits per heavy atom. The van der Waals surface area contributed by atoms with Crippen molar-refractivity contribution in [2.75, 3.05) is 6.61 Å². The number of benzene rings is 1. The smallest absolute Gasteiger partial charge is 0.307 e. The molecule has 0 saturated carbocycles. The van der Waals surface area contributed by atoms with E-state index in [1.54, 1.807) is 0 Å². The Morgan fingerprint density at radius 3 is 2.63 bits per heavy atom. The molecule has 0 atom stereocenters. The number of ether oxygens (including phenoxy) is 1. The van der Waals surface area contributed by atoms with E-state index in [9.17, 15) is 10.1 Å². The Labute approximate surface area is 160 Å². The normalized spacial score (nSPS) is 11.1. The monoisotopic (exact) mass is 388 g/mol. The van der Waals surface area contributed by atoms with E-state index in [4.69, 9.17) is 4.74 Å². The van der Waals surface area contributed by atoms with E-state index in [2.05, 4.69) is 29.1 Å². The van der Waals surface area contributed by atoms with Gasteiger partial charge in [-0.2, -0.15) is 5.10 Å². The van der Waals surface area contributed by atoms with Crippen LogP contribution in [-0.4, -0.2) is 36.1 Å². The second-order valence-electron chi connectivity index (χ2n) is 6.36. The van der Waals surface area contributed by atoms with Crippen molar-refractivity contribution in [3.63, 3.8) is 0 Å². The van der Waals surface area contributed by atoms with Crippen LogP contribution in [-0.2, 0) is 12.9 Å². The van der Waals surface area contributed by atoms with Crippen LogP contribution in [0.25, 0.3) is 11.4 Å². The second kappa shape index (κ2) is 8.21. The van der Waals surface area contributed by atoms with Crippen LogP contribution in [0.4, 0.5) is 5.69 Å². The van der Waals surface area contributed by atoms with Crippen LogP contribution in [0.1, 0.15) is 13.8 Å². The van der Waals surface area contributed by atoms with Crippen molar-refractivity contribution in [2.45, 2.75) is 24.9 Å². The molecule has 0 aliphatic rings. The van der Waals surface area contributed by atoms with Crippen molar-refractivity contribution < 1.29 is 9.66 Å². The summed E-state index contributed by atoms with van der Waals surface area (Å²) in [7, 11) is 1.88. The minimum atomic E-state index is -0.469. The third-order valence-electron chi connectivity index (χ3n) is 3.69. The Kier molecular flexibility index (Phi) is 5.75. The molecular weight excluding hydrogens is 368 g/mol. The van der Waals surface area contributed by atoms with Crippen molar-refractivity contribution in [1.29, 1.82) is 0 Å². The third-order valence-corrected chi connectivity index (χ3v) is 4.69. The highest BCUT2D eigenvalue weighted by Crippen LogP contribution is 2.25. The van der Waals surface area contributed by atoms with Crippen LogP contribution in [0.15, 0.2) is 41.8 Å². The summed E-state index contributed by atoms with van der Waals surface area (Å²) < 4.78 is 9.08. The number of aromatic nitrogens is 5. The van der Waals surface area contributed by atoms with Gasteiger partial charge in [0, 0.05) is 12.6 Å². The SMILES string of the molecule is CC(C)COc1ccc(-c2nnc(SCn3cc([N+](=O)[O-])cn3)n2C)cc1. The second-order valence-corrected chi connectivity index (χ2v) is 7.27. The van der Waals surface area contributed by atoms with Crippen LogP contribution in [0, 0.1) is 16.0 Å². The predicted octanol–water partition coefficient (Wildman–Crippen LogP) is 3.37. The fraction of sp³-hybridized carbons (Fsp3) is 0.353. The third kappa shape index (κ3) is 4.64. The molecule has 2 aromatic heterocycles. The zero-order chi connectivity index (χ0) is 19.4. The quantitative estimate of drug-likeness (QED) is 0.331. The summed E-state index contributed by atoms with van der Waals surface area (Å²) in [5.74, 6) is 2.44. The molecule has 9 nitrogen and oxygen atoms in total. The van der Waals surface area contributed by atoms with Crippen LogP contribution < -0.4 is 4.74 Å². The minimum absolute atomic E-state index is 0.0333. The summed E-state index contributed by atoms with van der Waals surface area (Å²) in [6.45, 7) is 4.89. The summed E-state index contributed by atoms with van der Waals surface area (Å²) in [6, 6.07) is 7.74. The van der Waals surface area contributed by atoms with Gasteiger partial charge in [-0.05, 0) is 30.2 Å². The molecule has 0 N–H and O–H groups in total. The highest BCUT2D eigenvalue weighted by molar-refractivity contribution is 7.98. The molecule has 10 heteroatoms. The first kappa shape index (κ1) is 18.9. The lowest BCUT2D eigenvalue weighted by molar-refractivity contribution is -0.385. The van der Waals surface area contributed by atoms with Gasteiger partial charge in [0.1, 0.15) is 18.1 Å². The first-order valence-corrected chi connectivity index (χ1v) is 9.35. The van der Waals surface area contributed by atoms with Crippen molar-refractivity contribution >= 4 is 17.4 Å². The molecule has 0 amide bonds. The van der Waals surface area contributed by atoms with E-state index in [1.807, 2.05) is 35.9 Å². The average molecular weight is 388 g/mol. The zero-order valence-electron chi connectivity index (χ0n) is 15.3. The van der Waals surface area contributed by atoms with E-state index in [-0.39, 0.29) is 5.69 Å². The molecule has 0 saturated heterocycles. The van der Waals surface area contributed by atoms with Gasteiger partial charge in [-0.3, -0.25) is 14.8 Å². The Morgan fingerprint density at radius 1 is 1.26 bits per heavy atom. The van der Waals surface area contributed by atoms with Gasteiger partial charge in [-0.15, -0.1) is 10.2 Å². The van der Waals surface area contributed by atoms with Crippen LogP contribution in [0.2, 0.25) is 0 Å². The van der Waals surface area contributed by atoms with E-state index in [1.165, 1.54) is 28.8 Å². The van der Waals surface area contributed by atoms with Gasteiger partial charge in [-0.1, -0.05) is 25.6 Å². The number of thioether (sulfide) groups is 1. The van der Waals surface area contributed by atoms with Crippen molar-refractivity contribution in [3.05, 3.63) is 46.8 Å². The van der Waals surface area contributed by atoms with E-state index >= 15 is 0 Å². The molecule has 1 aromatic carbocycles. The first-order valence-electron chi connectivity index (χ1n) is 8.36. The van der Waals surface area contributed by atoms with Crippen LogP contribution in [0.5, 0.6) is 5.75 Å². The van der Waals surface area contributed by atoms with E-state index in [0.29, 0.717) is 23.6 Å². The van der Waals surface area contributed by atoms with Crippen molar-refractivity contribution in [1.82, 2.24) is 24.5 Å². The minimum Gasteiger partial charge on any atom is -0.493 e. The Balaban J connectivity index is 1.66. The van der Waals surface area contributed by atoms with Gasteiger partial charge in [0.2, 0.25) is 0 Å². The van der Waals surface area contributed by atoms with Crippen LogP contribution in [0.3, 0.4) is 0 Å². The van der Waals surface area contributed by atoms with Crippen molar-refractivity contribution in [2.24, 2.45) is 13.0 Å². The average Bonchev–Trinajstić information content (AvgIpc) is 3.26. The van der Waals surface area contributed by atoms with Gasteiger partial charge in [0.05, 0.1) is 17.4 Å². The maximum Gasteiger partial charge on any atom is 0.307 e. The maximum absolute atomic E-state index is 10.7. The lowest BCUT2D eigenvalue weighted by Crippen LogP contribution is -2.04. The zero-order valence-corrected chi connectivity index (χ0v) is 16.1. The molecule has 142 valence electrons. The van der Waals surface area contributed by atoms with E-state index in [0.717, 1.165) is 17.1 Å². The summed E-state index contributed by atoms with van der Waals surface area (Å²) >= 11 is 1.40. The van der Waals surface area contributed by atoms with Crippen molar-refractivity contribution in [3.8, 4) is 17.1 Å². The molecule has 0 spiro atoms. The molecule has 3 aromatic rings. The topological polar surface area (TPSA) is 101 Å². The molecule has 27 heavy (non-hydrogen) atoms. The number of hydrogen-bond acceptors (Lipinski definition) is 7. The maximum atomic E-state index is 10.7. The van der Waals surface area contributed by atoms with Crippen LogP contribution >= 0.6 is 11.8 Å². The predicted molar refractivity (Wildman–Crippen MR) is 102 cm³/mol. The summed E-state index contributed by atoms with van der Waals surface area (Å²) in [5.41, 5.74) is 0.900. The molecule has 0 radical (unpaired) electrons. The Hall–Kier alpha value is -2.88. The molecule has 0 fully saturated rings. The molecule has 0 unspecified atom stereocenters. The summed E-state index contributed by atoms with van der Waals surface area (Å²) in [6.07, 6.45) is 2.62. The van der Waals surface area contributed by atoms with E-state index < -0.39 is 4.92 Å². The molecule has 2 heterocycles. The molecular formula is C17H20N6O3S. The van der Waals surface area contributed by atoms with Gasteiger partial charge in [0.25, 0.3) is 0 Å². The lowest BCUT2D eigenvalue weighted by atomic mass is 10.2. The number of hydrogen-bond donors (Lipinski definition) is 0. The summed E-state index contributed by atoms with van der Waals surface area (Å²) in [5, 5.41) is 23.8. The number of nitro groups is 1. The van der Waals surface area contributed by atoms with Gasteiger partial charge < -0.3 is 9.30 Å². The van der Waals surface area contributed by atoms with Gasteiger partial charge in [-0.25, -0.2) is 0 Å². The number of rotatable bonds is 8. The lowest BCUT2D eigenvalue weighted by Gasteiger charge is -2.09. The first-order chi connectivity index (χ1) is 12.9. The highest BCUT2D eigenvalue weighted by atomic mass is 32.2.